The van der Waals surface area contributed by atoms with Crippen molar-refractivity contribution in [2.75, 3.05) is 12.3 Å². The number of nitrogens with two attached hydrogens (primary N) is 1. The zero-order valence-corrected chi connectivity index (χ0v) is 12.1. The third-order valence-electron chi connectivity index (χ3n) is 3.56. The van der Waals surface area contributed by atoms with Crippen LogP contribution in [0.5, 0.6) is 0 Å². The van der Waals surface area contributed by atoms with Crippen molar-refractivity contribution in [3.63, 3.8) is 0 Å². The molecule has 4 atom stereocenters. The van der Waals surface area contributed by atoms with Crippen LogP contribution in [0.25, 0.3) is 11.2 Å². The number of ether oxygens (including phenoxy) is 1. The number of nitrogens with zero attached hydrogens (tertiary/aromatic N) is 3. The lowest BCUT2D eigenvalue weighted by molar-refractivity contribution is -0.0520. The van der Waals surface area contributed by atoms with Crippen LogP contribution in [0.4, 0.5) is 5.95 Å². The van der Waals surface area contributed by atoms with Gasteiger partial charge in [0, 0.05) is 5.75 Å². The minimum absolute atomic E-state index is 0.0241. The van der Waals surface area contributed by atoms with Crippen molar-refractivity contribution >= 4 is 29.7 Å². The number of H-pyrrole nitrogens is 1. The Labute approximate surface area is 129 Å². The molecular formula is C11H15N5O5S. The highest BCUT2D eigenvalue weighted by Crippen LogP contribution is 2.32. The molecule has 1 aliphatic rings. The van der Waals surface area contributed by atoms with Gasteiger partial charge in [-0.25, -0.2) is 4.98 Å². The number of rotatable bonds is 3. The summed E-state index contributed by atoms with van der Waals surface area (Å²) in [5.74, 6) is 0.343. The monoisotopic (exact) mass is 329 g/mol. The largest absolute Gasteiger partial charge is 0.394 e. The fourth-order valence-corrected chi connectivity index (χ4v) is 2.74. The number of hydrogen-bond donors (Lipinski definition) is 6. The van der Waals surface area contributed by atoms with Gasteiger partial charge in [-0.3, -0.25) is 14.3 Å². The van der Waals surface area contributed by atoms with E-state index in [0.717, 1.165) is 0 Å². The predicted octanol–water partition coefficient (Wildman–Crippen LogP) is -2.26. The van der Waals surface area contributed by atoms with Crippen molar-refractivity contribution in [1.29, 1.82) is 0 Å². The minimum atomic E-state index is -1.32. The van der Waals surface area contributed by atoms with Crippen molar-refractivity contribution in [3.8, 4) is 0 Å². The predicted molar refractivity (Wildman–Crippen MR) is 78.3 cm³/mol. The zero-order chi connectivity index (χ0) is 16.0. The Morgan fingerprint density at radius 1 is 1.36 bits per heavy atom. The minimum Gasteiger partial charge on any atom is -0.394 e. The van der Waals surface area contributed by atoms with Gasteiger partial charge in [-0.05, 0) is 0 Å². The van der Waals surface area contributed by atoms with Gasteiger partial charge in [-0.15, -0.1) is 0 Å². The number of fused-ring (bicyclic) bond motifs is 1. The molecule has 22 heavy (non-hydrogen) atoms. The molecule has 3 rings (SSSR count). The summed E-state index contributed by atoms with van der Waals surface area (Å²) in [6, 6.07) is 0. The van der Waals surface area contributed by atoms with Gasteiger partial charge in [0.25, 0.3) is 5.56 Å². The molecule has 1 saturated heterocycles. The molecule has 0 amide bonds. The molecule has 0 spiro atoms. The molecule has 6 N–H and O–H groups in total. The van der Waals surface area contributed by atoms with Crippen molar-refractivity contribution in [3.05, 3.63) is 16.2 Å². The number of nitrogens with one attached hydrogen (secondary N) is 1. The highest BCUT2D eigenvalue weighted by Gasteiger charge is 2.44. The van der Waals surface area contributed by atoms with Crippen molar-refractivity contribution in [2.24, 2.45) is 0 Å². The Morgan fingerprint density at radius 3 is 2.68 bits per heavy atom. The lowest BCUT2D eigenvalue weighted by Crippen LogP contribution is -2.33. The third-order valence-corrected chi connectivity index (χ3v) is 3.84. The fourth-order valence-electron chi connectivity index (χ4n) is 2.52. The van der Waals surface area contributed by atoms with Crippen LogP contribution in [0.1, 0.15) is 12.1 Å². The lowest BCUT2D eigenvalue weighted by atomic mass is 10.1. The zero-order valence-electron chi connectivity index (χ0n) is 11.2. The molecule has 1 fully saturated rings. The number of aliphatic hydroxyl groups excluding tert-OH is 3. The average molecular weight is 329 g/mol. The second-order valence-electron chi connectivity index (χ2n) is 4.91. The molecule has 10 nitrogen and oxygen atoms in total. The molecule has 11 heteroatoms. The number of aromatic nitrogens is 4. The van der Waals surface area contributed by atoms with Crippen LogP contribution < -0.4 is 11.3 Å². The first-order valence-corrected chi connectivity index (χ1v) is 7.11. The maximum atomic E-state index is 11.9. The Hall–Kier alpha value is -1.66. The van der Waals surface area contributed by atoms with Gasteiger partial charge in [0.05, 0.1) is 6.61 Å². The van der Waals surface area contributed by atoms with E-state index < -0.39 is 36.7 Å². The quantitative estimate of drug-likeness (QED) is 0.344. The summed E-state index contributed by atoms with van der Waals surface area (Å²) in [6.07, 6.45) is -4.62. The van der Waals surface area contributed by atoms with Crippen LogP contribution in [0, 0.1) is 0 Å². The standard InChI is InChI=1S/C11H15N5O5S/c12-11-14-8-5(9(20)15-11)13-4(2-22)16(8)10-7(19)6(18)3(1-17)21-10/h3,6-7,10,17-19,22H,1-2H2,(H3,12,14,15,20)/t3-,6-,7-,10-/m1/s1. The Bertz CT molecular complexity index is 761. The molecule has 0 saturated carbocycles. The summed E-state index contributed by atoms with van der Waals surface area (Å²) in [5, 5.41) is 29.2. The Balaban J connectivity index is 2.20. The summed E-state index contributed by atoms with van der Waals surface area (Å²) in [4.78, 5) is 22.3. The second-order valence-corrected chi connectivity index (χ2v) is 5.22. The van der Waals surface area contributed by atoms with Crippen molar-refractivity contribution in [2.45, 2.75) is 30.3 Å². The van der Waals surface area contributed by atoms with E-state index in [1.807, 2.05) is 0 Å². The van der Waals surface area contributed by atoms with Crippen molar-refractivity contribution < 1.29 is 20.1 Å². The molecule has 1 aliphatic heterocycles. The second kappa shape index (κ2) is 5.52. The first-order valence-electron chi connectivity index (χ1n) is 6.47. The molecule has 120 valence electrons. The van der Waals surface area contributed by atoms with Gasteiger partial charge < -0.3 is 25.8 Å². The molecule has 3 heterocycles. The number of nitrogen functional groups attached to an aromatic ring is 1. The summed E-state index contributed by atoms with van der Waals surface area (Å²) in [7, 11) is 0. The summed E-state index contributed by atoms with van der Waals surface area (Å²) < 4.78 is 6.81. The van der Waals surface area contributed by atoms with Gasteiger partial charge in [0.15, 0.2) is 17.4 Å². The summed E-state index contributed by atoms with van der Waals surface area (Å²) >= 11 is 4.14. The molecule has 2 aromatic rings. The summed E-state index contributed by atoms with van der Waals surface area (Å²) in [6.45, 7) is -0.465. The highest BCUT2D eigenvalue weighted by molar-refractivity contribution is 7.79. The van der Waals surface area contributed by atoms with Crippen LogP contribution in [0.2, 0.25) is 0 Å². The maximum Gasteiger partial charge on any atom is 0.280 e. The van der Waals surface area contributed by atoms with Crippen LogP contribution in [0.3, 0.4) is 0 Å². The fraction of sp³-hybridized carbons (Fsp3) is 0.545. The van der Waals surface area contributed by atoms with Crippen LogP contribution >= 0.6 is 12.6 Å². The number of thiol groups is 1. The number of anilines is 1. The Morgan fingerprint density at radius 2 is 2.09 bits per heavy atom. The van der Waals surface area contributed by atoms with Crippen LogP contribution in [-0.2, 0) is 10.5 Å². The van der Waals surface area contributed by atoms with Gasteiger partial charge >= 0.3 is 0 Å². The van der Waals surface area contributed by atoms with E-state index >= 15 is 0 Å². The lowest BCUT2D eigenvalue weighted by Gasteiger charge is -2.18. The normalized spacial score (nSPS) is 28.5. The number of hydrogen-bond acceptors (Lipinski definition) is 9. The van der Waals surface area contributed by atoms with E-state index in [-0.39, 0.29) is 22.9 Å². The SMILES string of the molecule is Nc1nc2c(nc(CS)n2[C@@H]2O[C@H](CO)[C@@H](O)[C@H]2O)c(=O)[nH]1. The van der Waals surface area contributed by atoms with Gasteiger partial charge in [0.1, 0.15) is 24.1 Å². The highest BCUT2D eigenvalue weighted by atomic mass is 32.1. The maximum absolute atomic E-state index is 11.9. The number of aliphatic hydroxyl groups is 3. The number of imidazole rings is 1. The first kappa shape index (κ1) is 15.2. The molecule has 0 radical (unpaired) electrons. The van der Waals surface area contributed by atoms with E-state index in [1.54, 1.807) is 0 Å². The average Bonchev–Trinajstić information content (AvgIpc) is 2.98. The molecule has 0 bridgehead atoms. The van der Waals surface area contributed by atoms with Crippen molar-refractivity contribution in [1.82, 2.24) is 19.5 Å². The molecule has 0 aromatic carbocycles. The molecular weight excluding hydrogens is 314 g/mol. The van der Waals surface area contributed by atoms with E-state index in [9.17, 15) is 20.1 Å². The van der Waals surface area contributed by atoms with E-state index in [4.69, 9.17) is 10.5 Å². The van der Waals surface area contributed by atoms with Crippen LogP contribution in [-0.4, -0.2) is 59.8 Å². The smallest absolute Gasteiger partial charge is 0.280 e. The Kier molecular flexibility index (Phi) is 3.82. The number of aromatic amines is 1. The molecule has 0 aliphatic carbocycles. The first-order chi connectivity index (χ1) is 10.5. The summed E-state index contributed by atoms with van der Waals surface area (Å²) in [5.41, 5.74) is 5.14. The van der Waals surface area contributed by atoms with E-state index in [0.29, 0.717) is 5.82 Å². The topological polar surface area (TPSA) is 160 Å². The van der Waals surface area contributed by atoms with Gasteiger partial charge in [-0.1, -0.05) is 0 Å². The van der Waals surface area contributed by atoms with E-state index in [2.05, 4.69) is 27.6 Å². The van der Waals surface area contributed by atoms with Gasteiger partial charge in [-0.2, -0.15) is 17.6 Å². The molecule has 0 unspecified atom stereocenters. The van der Waals surface area contributed by atoms with Crippen LogP contribution in [0.15, 0.2) is 4.79 Å². The third kappa shape index (κ3) is 2.18. The van der Waals surface area contributed by atoms with Gasteiger partial charge in [0.2, 0.25) is 5.95 Å². The van der Waals surface area contributed by atoms with E-state index in [1.165, 1.54) is 4.57 Å². The molecule has 2 aromatic heterocycles.